The monoisotopic (exact) mass is 311 g/mol. The molecule has 1 fully saturated rings. The molecule has 23 heavy (non-hydrogen) atoms. The van der Waals surface area contributed by atoms with Crippen molar-refractivity contribution in [2.24, 2.45) is 0 Å². The Morgan fingerprint density at radius 2 is 2.26 bits per heavy atom. The fraction of sp³-hybridized carbons (Fsp3) is 0.375. The quantitative estimate of drug-likeness (QED) is 0.785. The average molecular weight is 311 g/mol. The van der Waals surface area contributed by atoms with Gasteiger partial charge in [0.25, 0.3) is 0 Å². The number of nitrogens with zero attached hydrogens (tertiary/aromatic N) is 4. The van der Waals surface area contributed by atoms with Crippen LogP contribution in [0.25, 0.3) is 22.4 Å². The largest absolute Gasteiger partial charge is 0.342 e. The number of carbonyl (C=O) groups is 1. The molecule has 7 nitrogen and oxygen atoms in total. The molecule has 3 heterocycles. The van der Waals surface area contributed by atoms with Gasteiger partial charge in [0.05, 0.1) is 11.4 Å². The van der Waals surface area contributed by atoms with E-state index in [9.17, 15) is 4.79 Å². The first-order valence-electron chi connectivity index (χ1n) is 7.75. The fourth-order valence-corrected chi connectivity index (χ4v) is 3.10. The van der Waals surface area contributed by atoms with Crippen LogP contribution in [0.2, 0.25) is 0 Å². The standard InChI is InChI=1S/C16H17N5O2/c1-10(22)21-8-4-5-11(9-21)16-17-15(20-23-16)14-12-6-2-3-7-13(12)18-19-14/h2-3,6-7,11H,4-5,8-9H2,1H3,(H,18,19)/t11-/m0/s1. The first-order valence-corrected chi connectivity index (χ1v) is 7.75. The molecular weight excluding hydrogens is 294 g/mol. The van der Waals surface area contributed by atoms with Gasteiger partial charge in [-0.25, -0.2) is 0 Å². The number of hydrogen-bond acceptors (Lipinski definition) is 5. The van der Waals surface area contributed by atoms with Gasteiger partial charge in [-0.2, -0.15) is 10.1 Å². The maximum atomic E-state index is 11.6. The molecule has 1 N–H and O–H groups in total. The Balaban J connectivity index is 1.63. The van der Waals surface area contributed by atoms with Crippen LogP contribution >= 0.6 is 0 Å². The Labute approximate surface area is 132 Å². The Morgan fingerprint density at radius 1 is 1.39 bits per heavy atom. The van der Waals surface area contributed by atoms with E-state index in [4.69, 9.17) is 4.52 Å². The lowest BCUT2D eigenvalue weighted by atomic mass is 9.98. The summed E-state index contributed by atoms with van der Waals surface area (Å²) in [4.78, 5) is 17.9. The SMILES string of the molecule is CC(=O)N1CCC[C@H](c2nc(-c3n[nH]c4ccccc34)no2)C1. The molecule has 2 aromatic heterocycles. The zero-order valence-corrected chi connectivity index (χ0v) is 12.8. The molecule has 1 aliphatic rings. The van der Waals surface area contributed by atoms with Crippen LogP contribution in [-0.4, -0.2) is 44.2 Å². The lowest BCUT2D eigenvalue weighted by Crippen LogP contribution is -2.37. The van der Waals surface area contributed by atoms with Gasteiger partial charge in [-0.1, -0.05) is 23.4 Å². The first kappa shape index (κ1) is 13.9. The third-order valence-corrected chi connectivity index (χ3v) is 4.34. The molecule has 1 aromatic carbocycles. The summed E-state index contributed by atoms with van der Waals surface area (Å²) in [5.41, 5.74) is 1.63. The second-order valence-electron chi connectivity index (χ2n) is 5.88. The Kier molecular flexibility index (Phi) is 3.33. The molecule has 1 amide bonds. The van der Waals surface area contributed by atoms with E-state index in [0.29, 0.717) is 24.0 Å². The van der Waals surface area contributed by atoms with E-state index >= 15 is 0 Å². The fourth-order valence-electron chi connectivity index (χ4n) is 3.10. The molecule has 7 heteroatoms. The van der Waals surface area contributed by atoms with Gasteiger partial charge in [0.1, 0.15) is 5.69 Å². The molecule has 1 aliphatic heterocycles. The van der Waals surface area contributed by atoms with Crippen molar-refractivity contribution in [3.8, 4) is 11.5 Å². The predicted octanol–water partition coefficient (Wildman–Crippen LogP) is 2.34. The summed E-state index contributed by atoms with van der Waals surface area (Å²) in [6.45, 7) is 3.03. The number of amides is 1. The summed E-state index contributed by atoms with van der Waals surface area (Å²) in [6.07, 6.45) is 1.90. The number of aromatic nitrogens is 4. The highest BCUT2D eigenvalue weighted by Crippen LogP contribution is 2.29. The van der Waals surface area contributed by atoms with Crippen molar-refractivity contribution >= 4 is 16.8 Å². The number of fused-ring (bicyclic) bond motifs is 1. The average Bonchev–Trinajstić information content (AvgIpc) is 3.21. The molecule has 3 aromatic rings. The van der Waals surface area contributed by atoms with Crippen molar-refractivity contribution in [2.45, 2.75) is 25.7 Å². The van der Waals surface area contributed by atoms with Gasteiger partial charge in [0.2, 0.25) is 17.6 Å². The number of nitrogens with one attached hydrogen (secondary N) is 1. The van der Waals surface area contributed by atoms with Crippen LogP contribution in [0.3, 0.4) is 0 Å². The predicted molar refractivity (Wildman–Crippen MR) is 83.6 cm³/mol. The Bertz CT molecular complexity index is 853. The highest BCUT2D eigenvalue weighted by Gasteiger charge is 2.27. The van der Waals surface area contributed by atoms with Crippen molar-refractivity contribution in [1.82, 2.24) is 25.2 Å². The summed E-state index contributed by atoms with van der Waals surface area (Å²) in [6, 6.07) is 7.83. The number of para-hydroxylation sites is 1. The van der Waals surface area contributed by atoms with Gasteiger partial charge in [-0.15, -0.1) is 0 Å². The third kappa shape index (κ3) is 2.48. The van der Waals surface area contributed by atoms with Gasteiger partial charge in [-0.05, 0) is 18.9 Å². The van der Waals surface area contributed by atoms with Gasteiger partial charge < -0.3 is 9.42 Å². The number of rotatable bonds is 2. The maximum absolute atomic E-state index is 11.6. The molecule has 4 rings (SSSR count). The molecular formula is C16H17N5O2. The summed E-state index contributed by atoms with van der Waals surface area (Å²) < 4.78 is 5.45. The van der Waals surface area contributed by atoms with Crippen molar-refractivity contribution in [3.63, 3.8) is 0 Å². The van der Waals surface area contributed by atoms with E-state index in [1.807, 2.05) is 29.2 Å². The van der Waals surface area contributed by atoms with Crippen LogP contribution < -0.4 is 0 Å². The van der Waals surface area contributed by atoms with Gasteiger partial charge in [-0.3, -0.25) is 9.89 Å². The Hall–Kier alpha value is -2.70. The lowest BCUT2D eigenvalue weighted by Gasteiger charge is -2.29. The highest BCUT2D eigenvalue weighted by molar-refractivity contribution is 5.90. The molecule has 1 atom stereocenters. The lowest BCUT2D eigenvalue weighted by molar-refractivity contribution is -0.130. The number of aromatic amines is 1. The van der Waals surface area contributed by atoms with Crippen molar-refractivity contribution < 1.29 is 9.32 Å². The summed E-state index contributed by atoms with van der Waals surface area (Å²) in [5, 5.41) is 12.3. The van der Waals surface area contributed by atoms with Crippen molar-refractivity contribution in [2.75, 3.05) is 13.1 Å². The highest BCUT2D eigenvalue weighted by atomic mass is 16.5. The molecule has 118 valence electrons. The van der Waals surface area contributed by atoms with Crippen LogP contribution in [0.5, 0.6) is 0 Å². The number of benzene rings is 1. The molecule has 0 unspecified atom stereocenters. The molecule has 0 radical (unpaired) electrons. The molecule has 1 saturated heterocycles. The van der Waals surface area contributed by atoms with E-state index < -0.39 is 0 Å². The topological polar surface area (TPSA) is 87.9 Å². The molecule has 0 bridgehead atoms. The van der Waals surface area contributed by atoms with Crippen molar-refractivity contribution in [1.29, 1.82) is 0 Å². The maximum Gasteiger partial charge on any atom is 0.231 e. The third-order valence-electron chi connectivity index (χ3n) is 4.34. The van der Waals surface area contributed by atoms with Gasteiger partial charge >= 0.3 is 0 Å². The zero-order chi connectivity index (χ0) is 15.8. The van der Waals surface area contributed by atoms with E-state index in [1.165, 1.54) is 0 Å². The normalized spacial score (nSPS) is 18.5. The van der Waals surface area contributed by atoms with Crippen LogP contribution in [0, 0.1) is 0 Å². The van der Waals surface area contributed by atoms with E-state index in [0.717, 1.165) is 30.3 Å². The first-order chi connectivity index (χ1) is 11.2. The van der Waals surface area contributed by atoms with E-state index in [1.54, 1.807) is 6.92 Å². The van der Waals surface area contributed by atoms with Gasteiger partial charge in [0.15, 0.2) is 0 Å². The van der Waals surface area contributed by atoms with Crippen LogP contribution in [0.15, 0.2) is 28.8 Å². The molecule has 0 saturated carbocycles. The van der Waals surface area contributed by atoms with Crippen LogP contribution in [0.4, 0.5) is 0 Å². The molecule has 0 spiro atoms. The number of piperidine rings is 1. The molecule has 0 aliphatic carbocycles. The summed E-state index contributed by atoms with van der Waals surface area (Å²) >= 11 is 0. The van der Waals surface area contributed by atoms with Crippen LogP contribution in [-0.2, 0) is 4.79 Å². The van der Waals surface area contributed by atoms with E-state index in [-0.39, 0.29) is 11.8 Å². The summed E-state index contributed by atoms with van der Waals surface area (Å²) in [7, 11) is 0. The minimum Gasteiger partial charge on any atom is -0.342 e. The van der Waals surface area contributed by atoms with Gasteiger partial charge in [0, 0.05) is 25.4 Å². The number of H-pyrrole nitrogens is 1. The minimum atomic E-state index is 0.0905. The smallest absolute Gasteiger partial charge is 0.231 e. The second-order valence-corrected chi connectivity index (χ2v) is 5.88. The number of hydrogen-bond donors (Lipinski definition) is 1. The van der Waals surface area contributed by atoms with E-state index in [2.05, 4.69) is 20.3 Å². The number of likely N-dealkylation sites (tertiary alicyclic amines) is 1. The second kappa shape index (κ2) is 5.49. The summed E-state index contributed by atoms with van der Waals surface area (Å²) in [5.74, 6) is 1.25. The van der Waals surface area contributed by atoms with Crippen molar-refractivity contribution in [3.05, 3.63) is 30.2 Å². The van der Waals surface area contributed by atoms with Crippen LogP contribution in [0.1, 0.15) is 31.6 Å². The number of carbonyl (C=O) groups excluding carboxylic acids is 1. The zero-order valence-electron chi connectivity index (χ0n) is 12.8. The minimum absolute atomic E-state index is 0.0905. The Morgan fingerprint density at radius 3 is 3.13 bits per heavy atom.